The number of aromatic nitrogens is 2. The minimum atomic E-state index is -4.67. The van der Waals surface area contributed by atoms with E-state index in [1.807, 2.05) is 0 Å². The Morgan fingerprint density at radius 3 is 2.24 bits per heavy atom. The number of hydrogen-bond acceptors (Lipinski definition) is 7. The van der Waals surface area contributed by atoms with Gasteiger partial charge in [-0.1, -0.05) is 18.2 Å². The predicted octanol–water partition coefficient (Wildman–Crippen LogP) is 3.59. The van der Waals surface area contributed by atoms with E-state index in [1.54, 1.807) is 18.2 Å². The molecule has 0 spiro atoms. The largest absolute Gasteiger partial charge is 0.421 e. The van der Waals surface area contributed by atoms with Crippen molar-refractivity contribution < 1.29 is 26.4 Å². The zero-order valence-corrected chi connectivity index (χ0v) is 18.7. The van der Waals surface area contributed by atoms with Gasteiger partial charge in [-0.05, 0) is 36.4 Å². The zero-order valence-electron chi connectivity index (χ0n) is 17.8. The smallest absolute Gasteiger partial charge is 0.368 e. The maximum atomic E-state index is 13.3. The van der Waals surface area contributed by atoms with Crippen LogP contribution in [0.2, 0.25) is 0 Å². The molecule has 3 aromatic rings. The van der Waals surface area contributed by atoms with Crippen LogP contribution >= 0.6 is 0 Å². The molecule has 2 aromatic carbocycles. The second-order valence-corrected chi connectivity index (χ2v) is 8.67. The lowest BCUT2D eigenvalue weighted by Crippen LogP contribution is -2.27. The van der Waals surface area contributed by atoms with Crippen molar-refractivity contribution in [3.05, 3.63) is 66.4 Å². The fourth-order valence-electron chi connectivity index (χ4n) is 2.77. The van der Waals surface area contributed by atoms with Crippen molar-refractivity contribution in [1.29, 1.82) is 0 Å². The van der Waals surface area contributed by atoms with Gasteiger partial charge >= 0.3 is 6.18 Å². The van der Waals surface area contributed by atoms with E-state index in [-0.39, 0.29) is 29.8 Å². The Kier molecular flexibility index (Phi) is 7.56. The number of carbonyl (C=O) groups is 1. The first-order valence-corrected chi connectivity index (χ1v) is 11.4. The molecule has 0 aliphatic rings. The summed E-state index contributed by atoms with van der Waals surface area (Å²) >= 11 is 0. The molecular weight excluding hydrogens is 473 g/mol. The summed E-state index contributed by atoms with van der Waals surface area (Å²) in [6.07, 6.45) is -4.02. The number of nitrogens with one attached hydrogen (secondary N) is 4. The molecule has 1 aromatic heterocycles. The van der Waals surface area contributed by atoms with E-state index in [1.165, 1.54) is 43.3 Å². The van der Waals surface area contributed by atoms with Crippen LogP contribution < -0.4 is 20.7 Å². The van der Waals surface area contributed by atoms with Crippen molar-refractivity contribution >= 4 is 39.1 Å². The van der Waals surface area contributed by atoms with Gasteiger partial charge in [-0.25, -0.2) is 13.4 Å². The normalized spacial score (nSPS) is 11.5. The van der Waals surface area contributed by atoms with Crippen molar-refractivity contribution in [3.8, 4) is 0 Å². The molecule has 1 amide bonds. The second kappa shape index (κ2) is 10.4. The van der Waals surface area contributed by atoms with Crippen molar-refractivity contribution in [2.75, 3.05) is 28.4 Å². The number of benzene rings is 2. The van der Waals surface area contributed by atoms with E-state index in [0.717, 1.165) is 0 Å². The molecule has 13 heteroatoms. The number of carbonyl (C=O) groups excluding carboxylic acids is 1. The number of nitrogens with zero attached hydrogens (tertiary/aromatic N) is 2. The Morgan fingerprint density at radius 1 is 0.971 bits per heavy atom. The standard InChI is InChI=1S/C21H21F3N6O3S/c1-14(31)25-11-12-26-19-18(21(22,23)24)13-27-20(29-19)28-15-7-9-16(10-8-15)30-34(32,33)17-5-3-2-4-6-17/h2-10,13,30H,11-12H2,1H3,(H,25,31)(H2,26,27,28,29). The molecule has 1 heterocycles. The Balaban J connectivity index is 1.72. The fraction of sp³-hybridized carbons (Fsp3) is 0.190. The van der Waals surface area contributed by atoms with Crippen LogP contribution in [-0.2, 0) is 21.0 Å². The van der Waals surface area contributed by atoms with E-state index in [0.29, 0.717) is 17.6 Å². The van der Waals surface area contributed by atoms with Gasteiger partial charge < -0.3 is 16.0 Å². The molecule has 34 heavy (non-hydrogen) atoms. The molecule has 0 saturated carbocycles. The van der Waals surface area contributed by atoms with Crippen molar-refractivity contribution in [1.82, 2.24) is 15.3 Å². The van der Waals surface area contributed by atoms with Gasteiger partial charge in [0.2, 0.25) is 11.9 Å². The van der Waals surface area contributed by atoms with Gasteiger partial charge in [0.25, 0.3) is 10.0 Å². The first kappa shape index (κ1) is 24.8. The summed E-state index contributed by atoms with van der Waals surface area (Å²) in [6, 6.07) is 13.8. The van der Waals surface area contributed by atoms with Crippen LogP contribution in [0, 0.1) is 0 Å². The van der Waals surface area contributed by atoms with Gasteiger partial charge in [-0.15, -0.1) is 0 Å². The number of alkyl halides is 3. The zero-order chi connectivity index (χ0) is 24.8. The molecule has 0 radical (unpaired) electrons. The summed E-state index contributed by atoms with van der Waals surface area (Å²) in [5.74, 6) is -0.854. The molecule has 4 N–H and O–H groups in total. The molecule has 9 nitrogen and oxygen atoms in total. The Bertz CT molecular complexity index is 1240. The first-order valence-electron chi connectivity index (χ1n) is 9.92. The van der Waals surface area contributed by atoms with E-state index >= 15 is 0 Å². The van der Waals surface area contributed by atoms with Gasteiger partial charge in [0.05, 0.1) is 4.90 Å². The lowest BCUT2D eigenvalue weighted by atomic mass is 10.3. The maximum Gasteiger partial charge on any atom is 0.421 e. The van der Waals surface area contributed by atoms with Crippen molar-refractivity contribution in [2.24, 2.45) is 0 Å². The third-order valence-corrected chi connectivity index (χ3v) is 5.73. The molecule has 0 atom stereocenters. The summed E-state index contributed by atoms with van der Waals surface area (Å²) in [6.45, 7) is 1.43. The minimum Gasteiger partial charge on any atom is -0.368 e. The highest BCUT2D eigenvalue weighted by Gasteiger charge is 2.35. The van der Waals surface area contributed by atoms with E-state index in [2.05, 4.69) is 30.6 Å². The van der Waals surface area contributed by atoms with Crippen molar-refractivity contribution in [2.45, 2.75) is 18.0 Å². The second-order valence-electron chi connectivity index (χ2n) is 6.98. The molecule has 0 unspecified atom stereocenters. The monoisotopic (exact) mass is 494 g/mol. The Morgan fingerprint density at radius 2 is 1.62 bits per heavy atom. The van der Waals surface area contributed by atoms with Gasteiger partial charge in [-0.2, -0.15) is 18.2 Å². The van der Waals surface area contributed by atoms with Crippen LogP contribution in [0.1, 0.15) is 12.5 Å². The highest BCUT2D eigenvalue weighted by atomic mass is 32.2. The molecule has 3 rings (SSSR count). The van der Waals surface area contributed by atoms with Crippen LogP contribution in [-0.4, -0.2) is 37.4 Å². The van der Waals surface area contributed by atoms with Crippen molar-refractivity contribution in [3.63, 3.8) is 0 Å². The maximum absolute atomic E-state index is 13.3. The quantitative estimate of drug-likeness (QED) is 0.335. The summed E-state index contributed by atoms with van der Waals surface area (Å²) in [4.78, 5) is 18.6. The SMILES string of the molecule is CC(=O)NCCNc1nc(Nc2ccc(NS(=O)(=O)c3ccccc3)cc2)ncc1C(F)(F)F. The van der Waals surface area contributed by atoms with Gasteiger partial charge in [-0.3, -0.25) is 9.52 Å². The summed E-state index contributed by atoms with van der Waals surface area (Å²) < 4.78 is 67.1. The van der Waals surface area contributed by atoms with E-state index in [9.17, 15) is 26.4 Å². The predicted molar refractivity (Wildman–Crippen MR) is 121 cm³/mol. The van der Waals surface area contributed by atoms with Gasteiger partial charge in [0.15, 0.2) is 0 Å². The van der Waals surface area contributed by atoms with Gasteiger partial charge in [0.1, 0.15) is 11.4 Å². The highest BCUT2D eigenvalue weighted by molar-refractivity contribution is 7.92. The average Bonchev–Trinajstić information content (AvgIpc) is 2.78. The molecular formula is C21H21F3N6O3S. The topological polar surface area (TPSA) is 125 Å². The third-order valence-electron chi connectivity index (χ3n) is 4.33. The Labute approximate surface area is 193 Å². The van der Waals surface area contributed by atoms with Gasteiger partial charge in [0, 0.05) is 37.6 Å². The molecule has 0 fully saturated rings. The fourth-order valence-corrected chi connectivity index (χ4v) is 3.85. The number of halogens is 3. The highest BCUT2D eigenvalue weighted by Crippen LogP contribution is 2.34. The molecule has 0 aliphatic carbocycles. The molecule has 0 bridgehead atoms. The molecule has 180 valence electrons. The number of sulfonamides is 1. The van der Waals surface area contributed by atoms with Crippen LogP contribution in [0.5, 0.6) is 0 Å². The lowest BCUT2D eigenvalue weighted by Gasteiger charge is -2.15. The third kappa shape index (κ3) is 6.81. The number of anilines is 4. The van der Waals surface area contributed by atoms with Crippen LogP contribution in [0.25, 0.3) is 0 Å². The van der Waals surface area contributed by atoms with Crippen LogP contribution in [0.3, 0.4) is 0 Å². The molecule has 0 aliphatic heterocycles. The first-order chi connectivity index (χ1) is 16.0. The lowest BCUT2D eigenvalue weighted by molar-refractivity contribution is -0.137. The number of rotatable bonds is 9. The summed E-state index contributed by atoms with van der Waals surface area (Å²) in [5, 5.41) is 7.80. The summed E-state index contributed by atoms with van der Waals surface area (Å²) in [5.41, 5.74) is -0.332. The number of hydrogen-bond donors (Lipinski definition) is 4. The molecule has 0 saturated heterocycles. The number of amides is 1. The van der Waals surface area contributed by atoms with E-state index < -0.39 is 27.6 Å². The minimum absolute atomic E-state index is 0.0232. The van der Waals surface area contributed by atoms with E-state index in [4.69, 9.17) is 0 Å². The van der Waals surface area contributed by atoms with Crippen LogP contribution in [0.4, 0.5) is 36.3 Å². The average molecular weight is 494 g/mol. The Hall–Kier alpha value is -3.87. The summed E-state index contributed by atoms with van der Waals surface area (Å²) in [7, 11) is -3.76. The van der Waals surface area contributed by atoms with Crippen LogP contribution in [0.15, 0.2) is 65.7 Å².